The lowest BCUT2D eigenvalue weighted by Gasteiger charge is -2.30. The maximum absolute atomic E-state index is 13.1. The van der Waals surface area contributed by atoms with Crippen LogP contribution in [0.4, 0.5) is 4.79 Å². The summed E-state index contributed by atoms with van der Waals surface area (Å²) in [5.74, 6) is 1.74. The maximum Gasteiger partial charge on any atom is 0.318 e. The van der Waals surface area contributed by atoms with Crippen LogP contribution in [-0.4, -0.2) is 39.4 Å². The maximum atomic E-state index is 13.1. The van der Waals surface area contributed by atoms with Crippen molar-refractivity contribution in [2.45, 2.75) is 19.5 Å². The van der Waals surface area contributed by atoms with Crippen molar-refractivity contribution >= 4 is 6.03 Å². The molecule has 2 amide bonds. The van der Waals surface area contributed by atoms with Gasteiger partial charge in [-0.1, -0.05) is 30.3 Å². The number of carbonyl (C=O) groups is 1. The molecule has 3 heterocycles. The number of hydrogen-bond acceptors (Lipinski definition) is 3. The van der Waals surface area contributed by atoms with Crippen LogP contribution >= 0.6 is 0 Å². The van der Waals surface area contributed by atoms with Crippen LogP contribution in [0.1, 0.15) is 28.6 Å². The van der Waals surface area contributed by atoms with Crippen molar-refractivity contribution in [3.8, 4) is 17.3 Å². The highest BCUT2D eigenvalue weighted by molar-refractivity contribution is 5.75. The highest BCUT2D eigenvalue weighted by Crippen LogP contribution is 2.38. The Balaban J connectivity index is 1.75. The normalized spacial score (nSPS) is 15.0. The predicted molar refractivity (Wildman–Crippen MR) is 122 cm³/mol. The van der Waals surface area contributed by atoms with Gasteiger partial charge in [0.1, 0.15) is 11.6 Å². The minimum Gasteiger partial charge on any atom is -0.497 e. The Bertz CT molecular complexity index is 1260. The van der Waals surface area contributed by atoms with Gasteiger partial charge in [0.15, 0.2) is 0 Å². The van der Waals surface area contributed by atoms with Crippen molar-refractivity contribution < 1.29 is 9.53 Å². The second-order valence-corrected chi connectivity index (χ2v) is 7.80. The minimum absolute atomic E-state index is 0.140. The highest BCUT2D eigenvalue weighted by atomic mass is 16.5. The molecular weight excluding hydrogens is 402 g/mol. The molecular formula is C25H25N5O2. The molecule has 162 valence electrons. The van der Waals surface area contributed by atoms with Gasteiger partial charge in [0.25, 0.3) is 0 Å². The van der Waals surface area contributed by atoms with E-state index in [1.807, 2.05) is 83.4 Å². The molecule has 2 aromatic heterocycles. The monoisotopic (exact) mass is 427 g/mol. The molecule has 4 aromatic rings. The van der Waals surface area contributed by atoms with Crippen molar-refractivity contribution in [3.05, 3.63) is 95.4 Å². The molecule has 1 aliphatic heterocycles. The number of ether oxygens (including phenoxy) is 1. The summed E-state index contributed by atoms with van der Waals surface area (Å²) in [6.07, 6.45) is 2.04. The smallest absolute Gasteiger partial charge is 0.318 e. The lowest BCUT2D eigenvalue weighted by molar-refractivity contribution is 0.182. The molecule has 32 heavy (non-hydrogen) atoms. The first-order valence-electron chi connectivity index (χ1n) is 10.6. The summed E-state index contributed by atoms with van der Waals surface area (Å²) in [6, 6.07) is 21.6. The van der Waals surface area contributed by atoms with Crippen LogP contribution < -0.4 is 10.1 Å². The molecule has 0 aliphatic carbocycles. The van der Waals surface area contributed by atoms with Gasteiger partial charge in [-0.3, -0.25) is 0 Å². The molecule has 2 aromatic carbocycles. The number of amides is 2. The van der Waals surface area contributed by atoms with Crippen LogP contribution in [0.2, 0.25) is 0 Å². The Labute approximate surface area is 186 Å². The van der Waals surface area contributed by atoms with Gasteiger partial charge in [0.05, 0.1) is 36.8 Å². The summed E-state index contributed by atoms with van der Waals surface area (Å²) >= 11 is 0. The number of hydrogen-bond donors (Lipinski definition) is 1. The zero-order chi connectivity index (χ0) is 22.2. The van der Waals surface area contributed by atoms with E-state index in [1.165, 1.54) is 0 Å². The number of methoxy groups -OCH3 is 1. The average Bonchev–Trinajstić information content (AvgIpc) is 3.40. The third kappa shape index (κ3) is 3.13. The molecule has 0 fully saturated rings. The van der Waals surface area contributed by atoms with Crippen molar-refractivity contribution in [2.24, 2.45) is 0 Å². The molecule has 7 heteroatoms. The van der Waals surface area contributed by atoms with E-state index in [2.05, 4.69) is 16.0 Å². The summed E-state index contributed by atoms with van der Waals surface area (Å²) in [6.45, 7) is 2.43. The lowest BCUT2D eigenvalue weighted by Crippen LogP contribution is -2.40. The second-order valence-electron chi connectivity index (χ2n) is 7.80. The summed E-state index contributed by atoms with van der Waals surface area (Å²) in [5, 5.41) is 7.67. The second kappa shape index (κ2) is 7.92. The molecule has 1 N–H and O–H groups in total. The van der Waals surface area contributed by atoms with E-state index in [0.29, 0.717) is 6.54 Å². The molecule has 1 aliphatic rings. The van der Waals surface area contributed by atoms with Gasteiger partial charge in [-0.05, 0) is 48.9 Å². The average molecular weight is 428 g/mol. The van der Waals surface area contributed by atoms with Gasteiger partial charge in [0, 0.05) is 18.8 Å². The zero-order valence-corrected chi connectivity index (χ0v) is 18.3. The number of fused-ring (bicyclic) bond motifs is 3. The Kier molecular flexibility index (Phi) is 4.93. The van der Waals surface area contributed by atoms with E-state index < -0.39 is 0 Å². The van der Waals surface area contributed by atoms with Gasteiger partial charge in [-0.25, -0.2) is 9.48 Å². The molecule has 0 spiro atoms. The number of urea groups is 1. The van der Waals surface area contributed by atoms with Crippen LogP contribution in [-0.2, 0) is 6.54 Å². The van der Waals surface area contributed by atoms with Gasteiger partial charge in [-0.2, -0.15) is 5.10 Å². The Morgan fingerprint density at radius 2 is 1.81 bits per heavy atom. The molecule has 7 nitrogen and oxygen atoms in total. The molecule has 5 rings (SSSR count). The Morgan fingerprint density at radius 1 is 1.06 bits per heavy atom. The molecule has 0 bridgehead atoms. The number of aromatic nitrogens is 3. The fraction of sp³-hybridized carbons (Fsp3) is 0.200. The number of nitrogens with zero attached hydrogens (tertiary/aromatic N) is 4. The zero-order valence-electron chi connectivity index (χ0n) is 18.3. The van der Waals surface area contributed by atoms with Gasteiger partial charge >= 0.3 is 6.03 Å². The lowest BCUT2D eigenvalue weighted by atomic mass is 10.0. The van der Waals surface area contributed by atoms with Crippen LogP contribution in [0.25, 0.3) is 11.5 Å². The van der Waals surface area contributed by atoms with Crippen molar-refractivity contribution in [2.75, 3.05) is 14.2 Å². The molecule has 0 unspecified atom stereocenters. The number of aryl methyl sites for hydroxylation is 1. The summed E-state index contributed by atoms with van der Waals surface area (Å²) in [5.41, 5.74) is 4.90. The van der Waals surface area contributed by atoms with Crippen molar-refractivity contribution in [1.82, 2.24) is 24.6 Å². The SMILES string of the molecule is CNC(=O)N1Cc2c(C)nn(-c3ccccc3)c2-n2cccc2[C@H]1c1ccc(OC)cc1. The Morgan fingerprint density at radius 3 is 2.50 bits per heavy atom. The number of para-hydroxylation sites is 1. The number of benzene rings is 2. The Hall–Kier alpha value is -4.00. The van der Waals surface area contributed by atoms with E-state index in [4.69, 9.17) is 9.84 Å². The van der Waals surface area contributed by atoms with E-state index in [-0.39, 0.29) is 12.1 Å². The van der Waals surface area contributed by atoms with Crippen LogP contribution in [0, 0.1) is 6.92 Å². The third-order valence-corrected chi connectivity index (χ3v) is 5.99. The minimum atomic E-state index is -0.271. The number of rotatable bonds is 3. The summed E-state index contributed by atoms with van der Waals surface area (Å²) in [7, 11) is 3.32. The van der Waals surface area contributed by atoms with E-state index in [1.54, 1.807) is 14.2 Å². The van der Waals surface area contributed by atoms with Crippen LogP contribution in [0.15, 0.2) is 72.9 Å². The third-order valence-electron chi connectivity index (χ3n) is 5.99. The van der Waals surface area contributed by atoms with Crippen molar-refractivity contribution in [3.63, 3.8) is 0 Å². The predicted octanol–water partition coefficient (Wildman–Crippen LogP) is 4.22. The first-order valence-corrected chi connectivity index (χ1v) is 10.6. The van der Waals surface area contributed by atoms with Gasteiger partial charge < -0.3 is 19.5 Å². The topological polar surface area (TPSA) is 64.3 Å². The quantitative estimate of drug-likeness (QED) is 0.532. The fourth-order valence-corrected chi connectivity index (χ4v) is 4.43. The van der Waals surface area contributed by atoms with E-state index in [9.17, 15) is 4.79 Å². The standard InChI is InChI=1S/C25H25N5O2/c1-17-21-16-29(25(31)26-2)23(18-11-13-20(32-3)14-12-18)22-10-7-15-28(22)24(21)30(27-17)19-8-5-4-6-9-19/h4-15,23H,16H2,1-3H3,(H,26,31)/t23-/m1/s1. The van der Waals surface area contributed by atoms with E-state index >= 15 is 0 Å². The van der Waals surface area contributed by atoms with Gasteiger partial charge in [0.2, 0.25) is 0 Å². The first-order chi connectivity index (χ1) is 15.6. The number of carbonyl (C=O) groups excluding carboxylic acids is 1. The molecule has 1 atom stereocenters. The highest BCUT2D eigenvalue weighted by Gasteiger charge is 2.35. The number of nitrogens with one attached hydrogen (secondary N) is 1. The summed E-state index contributed by atoms with van der Waals surface area (Å²) in [4.78, 5) is 15.0. The summed E-state index contributed by atoms with van der Waals surface area (Å²) < 4.78 is 9.46. The molecule has 0 saturated heterocycles. The molecule has 0 radical (unpaired) electrons. The molecule has 0 saturated carbocycles. The fourth-order valence-electron chi connectivity index (χ4n) is 4.43. The van der Waals surface area contributed by atoms with Crippen LogP contribution in [0.3, 0.4) is 0 Å². The van der Waals surface area contributed by atoms with E-state index in [0.717, 1.165) is 39.8 Å². The largest absolute Gasteiger partial charge is 0.497 e. The van der Waals surface area contributed by atoms with Crippen LogP contribution in [0.5, 0.6) is 5.75 Å². The first kappa shape index (κ1) is 19.9. The van der Waals surface area contributed by atoms with Gasteiger partial charge in [-0.15, -0.1) is 0 Å². The van der Waals surface area contributed by atoms with Crippen molar-refractivity contribution in [1.29, 1.82) is 0 Å².